The zero-order valence-corrected chi connectivity index (χ0v) is 18.0. The number of hydrogen-bond acceptors (Lipinski definition) is 4. The second-order valence-electron chi connectivity index (χ2n) is 7.77. The maximum absolute atomic E-state index is 12.9. The van der Waals surface area contributed by atoms with E-state index < -0.39 is 0 Å². The van der Waals surface area contributed by atoms with E-state index in [1.807, 2.05) is 54.7 Å². The summed E-state index contributed by atoms with van der Waals surface area (Å²) in [6, 6.07) is 24.0. The number of carbonyl (C=O) groups is 1. The van der Waals surface area contributed by atoms with Crippen LogP contribution in [-0.2, 0) is 6.54 Å². The number of benzene rings is 3. The molecule has 162 valence electrons. The van der Waals surface area contributed by atoms with Crippen LogP contribution in [0, 0.1) is 0 Å². The van der Waals surface area contributed by atoms with Gasteiger partial charge in [-0.15, -0.1) is 0 Å². The zero-order valence-electron chi connectivity index (χ0n) is 18.0. The van der Waals surface area contributed by atoms with Gasteiger partial charge in [-0.3, -0.25) is 14.2 Å². The lowest BCUT2D eigenvalue weighted by atomic mass is 10.1. The van der Waals surface area contributed by atoms with Gasteiger partial charge in [0.2, 0.25) is 0 Å². The molecular weight excluding hydrogens is 414 g/mol. The molecule has 0 N–H and O–H groups in total. The third-order valence-corrected chi connectivity index (χ3v) is 5.48. The van der Waals surface area contributed by atoms with Crippen LogP contribution in [0.2, 0.25) is 0 Å². The minimum Gasteiger partial charge on any atom is -0.337 e. The zero-order chi connectivity index (χ0) is 22.8. The molecule has 0 spiro atoms. The van der Waals surface area contributed by atoms with Crippen molar-refractivity contribution < 1.29 is 4.79 Å². The van der Waals surface area contributed by atoms with Crippen LogP contribution in [0.5, 0.6) is 0 Å². The molecule has 0 unspecified atom stereocenters. The van der Waals surface area contributed by atoms with Crippen molar-refractivity contribution in [1.29, 1.82) is 0 Å². The van der Waals surface area contributed by atoms with Crippen molar-refractivity contribution in [2.24, 2.45) is 0 Å². The standard InChI is InChI=1S/C26H21N5O2/c1-29(16-19-15-28-31(17-19)22-7-3-2-4-8-22)25(32)20-11-13-21(14-12-20)30-18-27-24-10-6-5-9-23(24)26(30)33/h2-15,17-18H,16H2,1H3. The smallest absolute Gasteiger partial charge is 0.265 e. The lowest BCUT2D eigenvalue weighted by molar-refractivity contribution is 0.0785. The maximum Gasteiger partial charge on any atom is 0.265 e. The molecule has 0 aliphatic heterocycles. The van der Waals surface area contributed by atoms with E-state index in [4.69, 9.17) is 0 Å². The van der Waals surface area contributed by atoms with E-state index in [0.717, 1.165) is 11.3 Å². The fourth-order valence-electron chi connectivity index (χ4n) is 3.75. The minimum atomic E-state index is -0.146. The summed E-state index contributed by atoms with van der Waals surface area (Å²) in [6.45, 7) is 0.432. The average molecular weight is 435 g/mol. The number of para-hydroxylation sites is 2. The molecule has 5 rings (SSSR count). The summed E-state index contributed by atoms with van der Waals surface area (Å²) < 4.78 is 3.27. The Bertz CT molecular complexity index is 1490. The first-order chi connectivity index (χ1) is 16.1. The van der Waals surface area contributed by atoms with Gasteiger partial charge in [0.1, 0.15) is 6.33 Å². The first-order valence-corrected chi connectivity index (χ1v) is 10.5. The molecule has 33 heavy (non-hydrogen) atoms. The highest BCUT2D eigenvalue weighted by Gasteiger charge is 2.14. The van der Waals surface area contributed by atoms with Gasteiger partial charge in [-0.2, -0.15) is 5.10 Å². The summed E-state index contributed by atoms with van der Waals surface area (Å²) in [5.74, 6) is -0.113. The molecule has 0 radical (unpaired) electrons. The molecule has 7 heteroatoms. The van der Waals surface area contributed by atoms with Crippen LogP contribution in [0.15, 0.2) is 102 Å². The summed E-state index contributed by atoms with van der Waals surface area (Å²) in [5.41, 5.74) is 3.60. The van der Waals surface area contributed by atoms with Gasteiger partial charge in [-0.05, 0) is 48.5 Å². The predicted molar refractivity (Wildman–Crippen MR) is 127 cm³/mol. The van der Waals surface area contributed by atoms with E-state index >= 15 is 0 Å². The molecule has 3 aromatic carbocycles. The third kappa shape index (κ3) is 4.04. The summed E-state index contributed by atoms with van der Waals surface area (Å²) in [7, 11) is 1.76. The molecule has 0 fully saturated rings. The van der Waals surface area contributed by atoms with Gasteiger partial charge in [-0.25, -0.2) is 9.67 Å². The lowest BCUT2D eigenvalue weighted by Gasteiger charge is -2.16. The first-order valence-electron chi connectivity index (χ1n) is 10.5. The maximum atomic E-state index is 12.9. The number of carbonyl (C=O) groups excluding carboxylic acids is 1. The molecule has 2 heterocycles. The van der Waals surface area contributed by atoms with Crippen LogP contribution in [0.3, 0.4) is 0 Å². The SMILES string of the molecule is CN(Cc1cnn(-c2ccccc2)c1)C(=O)c1ccc(-n2cnc3ccccc3c2=O)cc1. The molecular formula is C26H21N5O2. The van der Waals surface area contributed by atoms with Crippen molar-refractivity contribution in [1.82, 2.24) is 24.2 Å². The Labute approximate surface area is 190 Å². The summed E-state index contributed by atoms with van der Waals surface area (Å²) in [5, 5.41) is 4.94. The van der Waals surface area contributed by atoms with E-state index in [9.17, 15) is 9.59 Å². The van der Waals surface area contributed by atoms with E-state index in [0.29, 0.717) is 28.7 Å². The topological polar surface area (TPSA) is 73.0 Å². The Kier molecular flexibility index (Phi) is 5.28. The van der Waals surface area contributed by atoms with E-state index in [2.05, 4.69) is 10.1 Å². The highest BCUT2D eigenvalue weighted by Crippen LogP contribution is 2.14. The van der Waals surface area contributed by atoms with E-state index in [1.165, 1.54) is 10.9 Å². The van der Waals surface area contributed by atoms with Crippen LogP contribution < -0.4 is 5.56 Å². The number of nitrogens with zero attached hydrogens (tertiary/aromatic N) is 5. The van der Waals surface area contributed by atoms with Gasteiger partial charge in [0, 0.05) is 30.9 Å². The quantitative estimate of drug-likeness (QED) is 0.420. The van der Waals surface area contributed by atoms with Crippen molar-refractivity contribution >= 4 is 16.8 Å². The Morgan fingerprint density at radius 3 is 2.42 bits per heavy atom. The molecule has 5 aromatic rings. The molecule has 0 saturated heterocycles. The molecule has 0 bridgehead atoms. The number of amides is 1. The fraction of sp³-hybridized carbons (Fsp3) is 0.0769. The Hall–Kier alpha value is -4.52. The second-order valence-corrected chi connectivity index (χ2v) is 7.77. The number of hydrogen-bond donors (Lipinski definition) is 0. The number of fused-ring (bicyclic) bond motifs is 1. The van der Waals surface area contributed by atoms with Gasteiger partial charge in [-0.1, -0.05) is 30.3 Å². The molecule has 7 nitrogen and oxygen atoms in total. The van der Waals surface area contributed by atoms with Crippen molar-refractivity contribution in [3.63, 3.8) is 0 Å². The normalized spacial score (nSPS) is 10.9. The second kappa shape index (κ2) is 8.55. The molecule has 2 aromatic heterocycles. The van der Waals surface area contributed by atoms with Crippen LogP contribution >= 0.6 is 0 Å². The number of rotatable bonds is 5. The monoisotopic (exact) mass is 435 g/mol. The largest absolute Gasteiger partial charge is 0.337 e. The highest BCUT2D eigenvalue weighted by atomic mass is 16.2. The molecule has 0 aliphatic rings. The minimum absolute atomic E-state index is 0.113. The summed E-state index contributed by atoms with van der Waals surface area (Å²) >= 11 is 0. The fourth-order valence-corrected chi connectivity index (χ4v) is 3.75. The molecule has 0 atom stereocenters. The van der Waals surface area contributed by atoms with Crippen molar-refractivity contribution in [2.45, 2.75) is 6.54 Å². The van der Waals surface area contributed by atoms with Crippen LogP contribution in [0.1, 0.15) is 15.9 Å². The van der Waals surface area contributed by atoms with Crippen molar-refractivity contribution in [3.05, 3.63) is 119 Å². The summed E-state index contributed by atoms with van der Waals surface area (Å²) in [6.07, 6.45) is 5.19. The lowest BCUT2D eigenvalue weighted by Crippen LogP contribution is -2.26. The third-order valence-electron chi connectivity index (χ3n) is 5.48. The van der Waals surface area contributed by atoms with Gasteiger partial charge < -0.3 is 4.90 Å². The van der Waals surface area contributed by atoms with Crippen LogP contribution in [-0.4, -0.2) is 37.2 Å². The Morgan fingerprint density at radius 2 is 1.64 bits per heavy atom. The van der Waals surface area contributed by atoms with Crippen LogP contribution in [0.4, 0.5) is 0 Å². The molecule has 0 aliphatic carbocycles. The van der Waals surface area contributed by atoms with Gasteiger partial charge in [0.25, 0.3) is 11.5 Å². The Morgan fingerprint density at radius 1 is 0.909 bits per heavy atom. The van der Waals surface area contributed by atoms with Gasteiger partial charge >= 0.3 is 0 Å². The number of aromatic nitrogens is 4. The first kappa shape index (κ1) is 20.4. The predicted octanol–water partition coefficient (Wildman–Crippen LogP) is 3.84. The molecule has 0 saturated carbocycles. The van der Waals surface area contributed by atoms with Crippen molar-refractivity contribution in [3.8, 4) is 11.4 Å². The molecule has 1 amide bonds. The Balaban J connectivity index is 1.32. The van der Waals surface area contributed by atoms with Crippen molar-refractivity contribution in [2.75, 3.05) is 7.05 Å². The average Bonchev–Trinajstić information content (AvgIpc) is 3.33. The van der Waals surface area contributed by atoms with Crippen LogP contribution in [0.25, 0.3) is 22.3 Å². The van der Waals surface area contributed by atoms with Gasteiger partial charge in [0.15, 0.2) is 0 Å². The van der Waals surface area contributed by atoms with Gasteiger partial charge in [0.05, 0.1) is 28.5 Å². The highest BCUT2D eigenvalue weighted by molar-refractivity contribution is 5.94. The summed E-state index contributed by atoms with van der Waals surface area (Å²) in [4.78, 5) is 31.7. The van der Waals surface area contributed by atoms with E-state index in [1.54, 1.807) is 53.2 Å². The van der Waals surface area contributed by atoms with E-state index in [-0.39, 0.29) is 11.5 Å².